The van der Waals surface area contributed by atoms with Crippen LogP contribution in [0.5, 0.6) is 0 Å². The van der Waals surface area contributed by atoms with Crippen LogP contribution in [0.1, 0.15) is 15.9 Å². The van der Waals surface area contributed by atoms with E-state index in [9.17, 15) is 4.79 Å². The summed E-state index contributed by atoms with van der Waals surface area (Å²) in [6.45, 7) is 3.28. The lowest BCUT2D eigenvalue weighted by Crippen LogP contribution is -2.30. The minimum absolute atomic E-state index is 0.0872. The number of rotatable bonds is 4. The van der Waals surface area contributed by atoms with E-state index in [1.165, 1.54) is 0 Å². The Morgan fingerprint density at radius 2 is 2.07 bits per heavy atom. The first-order chi connectivity index (χ1) is 7.13. The average Bonchev–Trinajstić information content (AvgIpc) is 2.16. The normalized spacial score (nSPS) is 10.1. The standard InChI is InChI=1S/C11H15ClN2O/c1-8-5-9(7-10(12)6-8)11(15)14-4-3-13-2/h5-7,13H,3-4H2,1-2H3,(H,14,15). The molecule has 0 aromatic heterocycles. The zero-order chi connectivity index (χ0) is 11.3. The Morgan fingerprint density at radius 1 is 1.33 bits per heavy atom. The van der Waals surface area contributed by atoms with E-state index in [2.05, 4.69) is 10.6 Å². The molecule has 4 heteroatoms. The molecule has 0 saturated heterocycles. The SMILES string of the molecule is CNCCNC(=O)c1cc(C)cc(Cl)c1. The van der Waals surface area contributed by atoms with Crippen LogP contribution in [0.3, 0.4) is 0 Å². The predicted octanol–water partition coefficient (Wildman–Crippen LogP) is 1.60. The molecule has 0 aliphatic rings. The molecule has 0 unspecified atom stereocenters. The molecular weight excluding hydrogens is 212 g/mol. The van der Waals surface area contributed by atoms with Crippen LogP contribution in [-0.2, 0) is 0 Å². The fourth-order valence-electron chi connectivity index (χ4n) is 1.27. The van der Waals surface area contributed by atoms with Gasteiger partial charge < -0.3 is 10.6 Å². The number of hydrogen-bond donors (Lipinski definition) is 2. The molecule has 0 fully saturated rings. The van der Waals surface area contributed by atoms with E-state index in [1.54, 1.807) is 6.07 Å². The molecule has 82 valence electrons. The highest BCUT2D eigenvalue weighted by Crippen LogP contribution is 2.14. The molecule has 1 amide bonds. The van der Waals surface area contributed by atoms with Gasteiger partial charge in [-0.15, -0.1) is 0 Å². The number of benzene rings is 1. The lowest BCUT2D eigenvalue weighted by atomic mass is 10.1. The van der Waals surface area contributed by atoms with E-state index in [-0.39, 0.29) is 5.91 Å². The second kappa shape index (κ2) is 5.73. The highest BCUT2D eigenvalue weighted by molar-refractivity contribution is 6.31. The van der Waals surface area contributed by atoms with Crippen LogP contribution in [0, 0.1) is 6.92 Å². The summed E-state index contributed by atoms with van der Waals surface area (Å²) in [6.07, 6.45) is 0. The van der Waals surface area contributed by atoms with Gasteiger partial charge in [-0.3, -0.25) is 4.79 Å². The van der Waals surface area contributed by atoms with Crippen molar-refractivity contribution in [2.45, 2.75) is 6.92 Å². The maximum atomic E-state index is 11.6. The van der Waals surface area contributed by atoms with Gasteiger partial charge in [0.25, 0.3) is 5.91 Å². The van der Waals surface area contributed by atoms with Crippen molar-refractivity contribution in [3.8, 4) is 0 Å². The largest absolute Gasteiger partial charge is 0.351 e. The maximum absolute atomic E-state index is 11.6. The lowest BCUT2D eigenvalue weighted by molar-refractivity contribution is 0.0954. The molecule has 0 radical (unpaired) electrons. The number of carbonyl (C=O) groups is 1. The Morgan fingerprint density at radius 3 is 2.67 bits per heavy atom. The van der Waals surface area contributed by atoms with Crippen LogP contribution in [-0.4, -0.2) is 26.0 Å². The van der Waals surface area contributed by atoms with Crippen molar-refractivity contribution in [2.75, 3.05) is 20.1 Å². The molecule has 2 N–H and O–H groups in total. The van der Waals surface area contributed by atoms with Crippen LogP contribution in [0.4, 0.5) is 0 Å². The summed E-state index contributed by atoms with van der Waals surface area (Å²) >= 11 is 5.86. The predicted molar refractivity (Wildman–Crippen MR) is 62.4 cm³/mol. The van der Waals surface area contributed by atoms with E-state index in [1.807, 2.05) is 26.1 Å². The Kier molecular flexibility index (Phi) is 4.59. The van der Waals surface area contributed by atoms with Crippen molar-refractivity contribution in [2.24, 2.45) is 0 Å². The van der Waals surface area contributed by atoms with Crippen molar-refractivity contribution in [1.82, 2.24) is 10.6 Å². The molecule has 15 heavy (non-hydrogen) atoms. The molecule has 0 aliphatic carbocycles. The van der Waals surface area contributed by atoms with Crippen molar-refractivity contribution in [3.05, 3.63) is 34.3 Å². The molecule has 0 saturated carbocycles. The van der Waals surface area contributed by atoms with E-state index in [4.69, 9.17) is 11.6 Å². The third-order valence-electron chi connectivity index (χ3n) is 1.96. The number of carbonyl (C=O) groups excluding carboxylic acids is 1. The zero-order valence-corrected chi connectivity index (χ0v) is 9.69. The smallest absolute Gasteiger partial charge is 0.251 e. The molecule has 3 nitrogen and oxygen atoms in total. The Bertz CT molecular complexity index is 332. The summed E-state index contributed by atoms with van der Waals surface area (Å²) in [5.74, 6) is -0.0872. The first-order valence-corrected chi connectivity index (χ1v) is 5.21. The molecule has 0 spiro atoms. The second-order valence-corrected chi connectivity index (χ2v) is 3.81. The Labute approximate surface area is 94.8 Å². The molecule has 0 heterocycles. The lowest BCUT2D eigenvalue weighted by Gasteiger charge is -2.05. The highest BCUT2D eigenvalue weighted by Gasteiger charge is 2.05. The van der Waals surface area contributed by atoms with E-state index < -0.39 is 0 Å². The molecule has 0 aliphatic heterocycles. The minimum atomic E-state index is -0.0872. The molecular formula is C11H15ClN2O. The number of hydrogen-bond acceptors (Lipinski definition) is 2. The van der Waals surface area contributed by atoms with Crippen LogP contribution in [0.15, 0.2) is 18.2 Å². The molecule has 0 atom stereocenters. The topological polar surface area (TPSA) is 41.1 Å². The summed E-state index contributed by atoms with van der Waals surface area (Å²) in [5, 5.41) is 6.34. The quantitative estimate of drug-likeness (QED) is 0.766. The summed E-state index contributed by atoms with van der Waals surface area (Å²) in [6, 6.07) is 5.32. The summed E-state index contributed by atoms with van der Waals surface area (Å²) < 4.78 is 0. The minimum Gasteiger partial charge on any atom is -0.351 e. The summed E-state index contributed by atoms with van der Waals surface area (Å²) in [4.78, 5) is 11.6. The van der Waals surface area contributed by atoms with Crippen LogP contribution in [0.25, 0.3) is 0 Å². The summed E-state index contributed by atoms with van der Waals surface area (Å²) in [5.41, 5.74) is 1.59. The van der Waals surface area contributed by atoms with Gasteiger partial charge in [-0.2, -0.15) is 0 Å². The Balaban J connectivity index is 2.65. The van der Waals surface area contributed by atoms with Crippen molar-refractivity contribution >= 4 is 17.5 Å². The first kappa shape index (κ1) is 12.0. The third kappa shape index (κ3) is 3.90. The van der Waals surface area contributed by atoms with Gasteiger partial charge in [0.05, 0.1) is 0 Å². The van der Waals surface area contributed by atoms with Gasteiger partial charge in [0.2, 0.25) is 0 Å². The van der Waals surface area contributed by atoms with Gasteiger partial charge in [0.15, 0.2) is 0 Å². The maximum Gasteiger partial charge on any atom is 0.251 e. The Hall–Kier alpha value is -1.06. The van der Waals surface area contributed by atoms with Crippen molar-refractivity contribution < 1.29 is 4.79 Å². The van der Waals surface area contributed by atoms with Gasteiger partial charge >= 0.3 is 0 Å². The van der Waals surface area contributed by atoms with Crippen LogP contribution in [0.2, 0.25) is 5.02 Å². The second-order valence-electron chi connectivity index (χ2n) is 3.38. The first-order valence-electron chi connectivity index (χ1n) is 4.83. The van der Waals surface area contributed by atoms with Gasteiger partial charge in [0.1, 0.15) is 0 Å². The van der Waals surface area contributed by atoms with Crippen LogP contribution < -0.4 is 10.6 Å². The fourth-order valence-corrected chi connectivity index (χ4v) is 1.56. The third-order valence-corrected chi connectivity index (χ3v) is 2.18. The van der Waals surface area contributed by atoms with Gasteiger partial charge in [-0.1, -0.05) is 11.6 Å². The van der Waals surface area contributed by atoms with Crippen LogP contribution >= 0.6 is 11.6 Å². The van der Waals surface area contributed by atoms with E-state index in [0.29, 0.717) is 17.1 Å². The van der Waals surface area contributed by atoms with Crippen molar-refractivity contribution in [1.29, 1.82) is 0 Å². The van der Waals surface area contributed by atoms with E-state index in [0.717, 1.165) is 12.1 Å². The van der Waals surface area contributed by atoms with Gasteiger partial charge in [-0.05, 0) is 37.7 Å². The molecule has 1 aromatic rings. The summed E-state index contributed by atoms with van der Waals surface area (Å²) in [7, 11) is 1.84. The number of halogens is 1. The van der Waals surface area contributed by atoms with E-state index >= 15 is 0 Å². The monoisotopic (exact) mass is 226 g/mol. The number of aryl methyl sites for hydroxylation is 1. The number of nitrogens with one attached hydrogen (secondary N) is 2. The molecule has 0 bridgehead atoms. The number of amides is 1. The highest BCUT2D eigenvalue weighted by atomic mass is 35.5. The number of likely N-dealkylation sites (N-methyl/N-ethyl adjacent to an activating group) is 1. The zero-order valence-electron chi connectivity index (χ0n) is 8.93. The van der Waals surface area contributed by atoms with Gasteiger partial charge in [0, 0.05) is 23.7 Å². The van der Waals surface area contributed by atoms with Gasteiger partial charge in [-0.25, -0.2) is 0 Å². The molecule has 1 rings (SSSR count). The molecule has 1 aromatic carbocycles. The van der Waals surface area contributed by atoms with Crippen molar-refractivity contribution in [3.63, 3.8) is 0 Å². The average molecular weight is 227 g/mol. The fraction of sp³-hybridized carbons (Fsp3) is 0.364.